The van der Waals surface area contributed by atoms with E-state index in [9.17, 15) is 4.79 Å². The Morgan fingerprint density at radius 1 is 1.25 bits per heavy atom. The van der Waals surface area contributed by atoms with Crippen LogP contribution < -0.4 is 5.32 Å². The summed E-state index contributed by atoms with van der Waals surface area (Å²) in [4.78, 5) is 11.2. The number of rotatable bonds is 9. The Labute approximate surface area is 98.7 Å². The van der Waals surface area contributed by atoms with Gasteiger partial charge in [0.25, 0.3) is 0 Å². The summed E-state index contributed by atoms with van der Waals surface area (Å²) >= 11 is 0. The number of esters is 1. The molecule has 0 aliphatic rings. The molecule has 0 aromatic carbocycles. The van der Waals surface area contributed by atoms with Crippen LogP contribution in [-0.4, -0.2) is 39.4 Å². The molecule has 0 amide bonds. The molecule has 0 radical (unpaired) electrons. The minimum Gasteiger partial charge on any atom is -0.468 e. The van der Waals surface area contributed by atoms with E-state index in [1.807, 2.05) is 0 Å². The minimum atomic E-state index is -0.255. The van der Waals surface area contributed by atoms with Gasteiger partial charge in [-0.05, 0) is 32.2 Å². The van der Waals surface area contributed by atoms with Gasteiger partial charge in [0.05, 0.1) is 7.11 Å². The second kappa shape index (κ2) is 9.60. The lowest BCUT2D eigenvalue weighted by Crippen LogP contribution is -2.36. The van der Waals surface area contributed by atoms with E-state index in [1.54, 1.807) is 7.05 Å². The van der Waals surface area contributed by atoms with Gasteiger partial charge in [-0.15, -0.1) is 0 Å². The Kier molecular flexibility index (Phi) is 9.24. The zero-order chi connectivity index (χ0) is 12.4. The van der Waals surface area contributed by atoms with Crippen LogP contribution in [0.5, 0.6) is 0 Å². The third kappa shape index (κ3) is 7.65. The number of hydrogen-bond donors (Lipinski definition) is 1. The molecular weight excluding hydrogens is 206 g/mol. The molecule has 0 saturated carbocycles. The Balaban J connectivity index is 3.45. The summed E-state index contributed by atoms with van der Waals surface area (Å²) in [5.41, 5.74) is 0. The Morgan fingerprint density at radius 2 is 1.94 bits per heavy atom. The maximum atomic E-state index is 11.2. The van der Waals surface area contributed by atoms with Crippen molar-refractivity contribution in [3.05, 3.63) is 0 Å². The summed E-state index contributed by atoms with van der Waals surface area (Å²) in [5, 5.41) is 2.91. The molecule has 0 aromatic heterocycles. The van der Waals surface area contributed by atoms with Crippen molar-refractivity contribution in [3.63, 3.8) is 0 Å². The molecule has 16 heavy (non-hydrogen) atoms. The molecule has 0 spiro atoms. The summed E-state index contributed by atoms with van der Waals surface area (Å²) in [6.07, 6.45) is 2.93. The van der Waals surface area contributed by atoms with Gasteiger partial charge >= 0.3 is 5.97 Å². The van der Waals surface area contributed by atoms with Crippen molar-refractivity contribution in [2.75, 3.05) is 27.4 Å². The van der Waals surface area contributed by atoms with Gasteiger partial charge in [0.1, 0.15) is 6.04 Å². The molecule has 1 atom stereocenters. The predicted molar refractivity (Wildman–Crippen MR) is 64.4 cm³/mol. The topological polar surface area (TPSA) is 47.6 Å². The predicted octanol–water partition coefficient (Wildman–Crippen LogP) is 1.59. The van der Waals surface area contributed by atoms with E-state index < -0.39 is 0 Å². The summed E-state index contributed by atoms with van der Waals surface area (Å²) in [7, 11) is 3.15. The SMILES string of the molecule is CNC(CCOCCCC(C)C)C(=O)OC. The van der Waals surface area contributed by atoms with Crippen molar-refractivity contribution in [1.29, 1.82) is 0 Å². The summed E-state index contributed by atoms with van der Waals surface area (Å²) in [5.74, 6) is 0.497. The minimum absolute atomic E-state index is 0.228. The van der Waals surface area contributed by atoms with E-state index >= 15 is 0 Å². The van der Waals surface area contributed by atoms with Gasteiger partial charge in [-0.25, -0.2) is 0 Å². The Hall–Kier alpha value is -0.610. The molecule has 1 unspecified atom stereocenters. The van der Waals surface area contributed by atoms with Crippen LogP contribution in [0.1, 0.15) is 33.1 Å². The molecule has 0 bridgehead atoms. The number of nitrogens with one attached hydrogen (secondary N) is 1. The molecule has 1 N–H and O–H groups in total. The summed E-state index contributed by atoms with van der Waals surface area (Å²) in [6, 6.07) is -0.255. The van der Waals surface area contributed by atoms with E-state index in [0.717, 1.165) is 18.9 Å². The quantitative estimate of drug-likeness (QED) is 0.483. The fraction of sp³-hybridized carbons (Fsp3) is 0.917. The molecule has 96 valence electrons. The number of carbonyl (C=O) groups is 1. The highest BCUT2D eigenvalue weighted by Crippen LogP contribution is 2.03. The molecule has 0 heterocycles. The van der Waals surface area contributed by atoms with Crippen LogP contribution in [-0.2, 0) is 14.3 Å². The molecule has 0 aliphatic carbocycles. The van der Waals surface area contributed by atoms with Crippen LogP contribution in [0.4, 0.5) is 0 Å². The van der Waals surface area contributed by atoms with E-state index in [-0.39, 0.29) is 12.0 Å². The van der Waals surface area contributed by atoms with Crippen molar-refractivity contribution in [2.45, 2.75) is 39.2 Å². The number of hydrogen-bond acceptors (Lipinski definition) is 4. The van der Waals surface area contributed by atoms with Gasteiger partial charge in [-0.3, -0.25) is 4.79 Å². The van der Waals surface area contributed by atoms with E-state index in [4.69, 9.17) is 4.74 Å². The molecule has 0 rings (SSSR count). The Morgan fingerprint density at radius 3 is 2.44 bits per heavy atom. The van der Waals surface area contributed by atoms with Crippen molar-refractivity contribution >= 4 is 5.97 Å². The van der Waals surface area contributed by atoms with Crippen LogP contribution in [0.25, 0.3) is 0 Å². The van der Waals surface area contributed by atoms with Crippen LogP contribution in [0, 0.1) is 5.92 Å². The van der Waals surface area contributed by atoms with E-state index in [0.29, 0.717) is 13.0 Å². The van der Waals surface area contributed by atoms with Gasteiger partial charge in [-0.2, -0.15) is 0 Å². The van der Waals surface area contributed by atoms with E-state index in [1.165, 1.54) is 13.5 Å². The van der Waals surface area contributed by atoms with Gasteiger partial charge in [-0.1, -0.05) is 13.8 Å². The monoisotopic (exact) mass is 231 g/mol. The van der Waals surface area contributed by atoms with Crippen molar-refractivity contribution < 1.29 is 14.3 Å². The largest absolute Gasteiger partial charge is 0.468 e. The number of ether oxygens (including phenoxy) is 2. The van der Waals surface area contributed by atoms with Crippen molar-refractivity contribution in [3.8, 4) is 0 Å². The summed E-state index contributed by atoms with van der Waals surface area (Å²) < 4.78 is 10.1. The first-order valence-corrected chi connectivity index (χ1v) is 5.94. The Bertz CT molecular complexity index is 183. The lowest BCUT2D eigenvalue weighted by molar-refractivity contribution is -0.143. The fourth-order valence-electron chi connectivity index (χ4n) is 1.42. The van der Waals surface area contributed by atoms with E-state index in [2.05, 4.69) is 23.9 Å². The standard InChI is InChI=1S/C12H25NO3/c1-10(2)6-5-8-16-9-7-11(13-3)12(14)15-4/h10-11,13H,5-9H2,1-4H3. The maximum absolute atomic E-state index is 11.2. The summed E-state index contributed by atoms with van der Waals surface area (Å²) in [6.45, 7) is 5.77. The number of methoxy groups -OCH3 is 1. The van der Waals surface area contributed by atoms with Crippen LogP contribution in [0.2, 0.25) is 0 Å². The molecule has 0 aromatic rings. The molecule has 0 saturated heterocycles. The smallest absolute Gasteiger partial charge is 0.322 e. The molecule has 0 aliphatic heterocycles. The second-order valence-corrected chi connectivity index (χ2v) is 4.30. The number of likely N-dealkylation sites (N-methyl/N-ethyl adjacent to an activating group) is 1. The normalized spacial score (nSPS) is 12.8. The first kappa shape index (κ1) is 15.4. The van der Waals surface area contributed by atoms with Gasteiger partial charge in [0.15, 0.2) is 0 Å². The average Bonchev–Trinajstić information content (AvgIpc) is 2.27. The lowest BCUT2D eigenvalue weighted by Gasteiger charge is -2.13. The van der Waals surface area contributed by atoms with Gasteiger partial charge in [0, 0.05) is 13.2 Å². The molecular formula is C12H25NO3. The number of carbonyl (C=O) groups excluding carboxylic acids is 1. The van der Waals surface area contributed by atoms with Gasteiger partial charge < -0.3 is 14.8 Å². The maximum Gasteiger partial charge on any atom is 0.322 e. The first-order chi connectivity index (χ1) is 7.61. The van der Waals surface area contributed by atoms with Crippen molar-refractivity contribution in [2.24, 2.45) is 5.92 Å². The van der Waals surface area contributed by atoms with Crippen LogP contribution in [0.15, 0.2) is 0 Å². The average molecular weight is 231 g/mol. The fourth-order valence-corrected chi connectivity index (χ4v) is 1.42. The first-order valence-electron chi connectivity index (χ1n) is 5.94. The highest BCUT2D eigenvalue weighted by Gasteiger charge is 2.15. The third-order valence-corrected chi connectivity index (χ3v) is 2.46. The second-order valence-electron chi connectivity index (χ2n) is 4.30. The van der Waals surface area contributed by atoms with Crippen LogP contribution in [0.3, 0.4) is 0 Å². The van der Waals surface area contributed by atoms with Crippen LogP contribution >= 0.6 is 0 Å². The highest BCUT2D eigenvalue weighted by atomic mass is 16.5. The van der Waals surface area contributed by atoms with Gasteiger partial charge in [0.2, 0.25) is 0 Å². The molecule has 0 fully saturated rings. The zero-order valence-corrected chi connectivity index (χ0v) is 10.9. The lowest BCUT2D eigenvalue weighted by atomic mass is 10.1. The molecule has 4 nitrogen and oxygen atoms in total. The van der Waals surface area contributed by atoms with Crippen molar-refractivity contribution in [1.82, 2.24) is 5.32 Å². The highest BCUT2D eigenvalue weighted by molar-refractivity contribution is 5.75. The molecule has 4 heteroatoms. The zero-order valence-electron chi connectivity index (χ0n) is 10.9. The third-order valence-electron chi connectivity index (χ3n) is 2.46.